The number of rotatable bonds is 3. The van der Waals surface area contributed by atoms with E-state index < -0.39 is 0 Å². The summed E-state index contributed by atoms with van der Waals surface area (Å²) in [6.07, 6.45) is 2.48. The highest BCUT2D eigenvalue weighted by molar-refractivity contribution is 5.80. The maximum absolute atomic E-state index is 5.59. The van der Waals surface area contributed by atoms with Crippen LogP contribution in [0.2, 0.25) is 0 Å². The molecule has 3 atom stereocenters. The van der Waals surface area contributed by atoms with Crippen molar-refractivity contribution in [3.05, 3.63) is 0 Å². The summed E-state index contributed by atoms with van der Waals surface area (Å²) in [7, 11) is 1.69. The molecule has 0 saturated carbocycles. The monoisotopic (exact) mass is 242 g/mol. The van der Waals surface area contributed by atoms with Crippen molar-refractivity contribution in [2.75, 3.05) is 20.3 Å². The summed E-state index contributed by atoms with van der Waals surface area (Å²) in [5.41, 5.74) is 2.73. The smallest absolute Gasteiger partial charge is 0.208 e. The van der Waals surface area contributed by atoms with Crippen molar-refractivity contribution in [1.29, 1.82) is 0 Å². The highest BCUT2D eigenvalue weighted by Gasteiger charge is 2.27. The number of hydrazine groups is 1. The Hall–Kier alpha value is -0.810. The van der Waals surface area contributed by atoms with Crippen molar-refractivity contribution < 1.29 is 4.74 Å². The minimum Gasteiger partial charge on any atom is -0.382 e. The fraction of sp³-hybridized carbons (Fsp3) is 0.917. The van der Waals surface area contributed by atoms with Gasteiger partial charge in [0.25, 0.3) is 0 Å². The molecule has 0 bridgehead atoms. The fourth-order valence-corrected chi connectivity index (χ4v) is 2.32. The maximum atomic E-state index is 5.59. The minimum atomic E-state index is 0.121. The third kappa shape index (κ3) is 3.85. The lowest BCUT2D eigenvalue weighted by molar-refractivity contribution is 0.175. The van der Waals surface area contributed by atoms with E-state index in [0.29, 0.717) is 18.6 Å². The van der Waals surface area contributed by atoms with Gasteiger partial charge in [-0.25, -0.2) is 10.8 Å². The van der Waals surface area contributed by atoms with E-state index in [1.165, 1.54) is 12.8 Å². The highest BCUT2D eigenvalue weighted by Crippen LogP contribution is 2.22. The lowest BCUT2D eigenvalue weighted by Crippen LogP contribution is -2.53. The average molecular weight is 242 g/mol. The van der Waals surface area contributed by atoms with E-state index in [4.69, 9.17) is 10.6 Å². The number of guanidine groups is 1. The molecule has 0 aliphatic carbocycles. The van der Waals surface area contributed by atoms with Crippen LogP contribution in [0.4, 0.5) is 0 Å². The molecule has 1 fully saturated rings. The Morgan fingerprint density at radius 1 is 1.59 bits per heavy atom. The first kappa shape index (κ1) is 14.3. The second kappa shape index (κ2) is 6.81. The van der Waals surface area contributed by atoms with Gasteiger partial charge in [0, 0.05) is 19.7 Å². The molecule has 1 aliphatic rings. The molecule has 1 rings (SSSR count). The molecule has 3 unspecified atom stereocenters. The molecular weight excluding hydrogens is 216 g/mol. The van der Waals surface area contributed by atoms with Crippen molar-refractivity contribution in [2.45, 2.75) is 45.7 Å². The van der Waals surface area contributed by atoms with Crippen molar-refractivity contribution in [2.24, 2.45) is 16.8 Å². The van der Waals surface area contributed by atoms with Gasteiger partial charge in [-0.2, -0.15) is 0 Å². The number of likely N-dealkylation sites (tertiary alicyclic amines) is 1. The van der Waals surface area contributed by atoms with Gasteiger partial charge in [-0.3, -0.25) is 5.43 Å². The molecule has 3 N–H and O–H groups in total. The van der Waals surface area contributed by atoms with Crippen LogP contribution in [-0.4, -0.2) is 43.2 Å². The van der Waals surface area contributed by atoms with Crippen molar-refractivity contribution in [3.8, 4) is 0 Å². The highest BCUT2D eigenvalue weighted by atomic mass is 16.5. The Morgan fingerprint density at radius 2 is 2.29 bits per heavy atom. The van der Waals surface area contributed by atoms with Crippen LogP contribution < -0.4 is 11.3 Å². The van der Waals surface area contributed by atoms with Gasteiger partial charge in [-0.05, 0) is 32.6 Å². The van der Waals surface area contributed by atoms with Gasteiger partial charge in [-0.1, -0.05) is 6.92 Å². The summed E-state index contributed by atoms with van der Waals surface area (Å²) in [4.78, 5) is 6.84. The summed E-state index contributed by atoms with van der Waals surface area (Å²) in [6, 6.07) is 0.601. The Balaban J connectivity index is 2.71. The zero-order chi connectivity index (χ0) is 12.8. The summed E-state index contributed by atoms with van der Waals surface area (Å²) in [5.74, 6) is 7.06. The fourth-order valence-electron chi connectivity index (χ4n) is 2.32. The largest absolute Gasteiger partial charge is 0.382 e. The summed E-state index contributed by atoms with van der Waals surface area (Å²) >= 11 is 0. The van der Waals surface area contributed by atoms with Gasteiger partial charge in [0.15, 0.2) is 0 Å². The number of methoxy groups -OCH3 is 1. The van der Waals surface area contributed by atoms with Crippen molar-refractivity contribution >= 4 is 5.96 Å². The third-order valence-electron chi connectivity index (χ3n) is 3.53. The maximum Gasteiger partial charge on any atom is 0.208 e. The van der Waals surface area contributed by atoms with Gasteiger partial charge >= 0.3 is 0 Å². The van der Waals surface area contributed by atoms with Crippen LogP contribution in [0, 0.1) is 5.92 Å². The second-order valence-corrected chi connectivity index (χ2v) is 4.95. The molecular formula is C12H26N4O. The molecule has 5 heteroatoms. The number of hydrogen-bond donors (Lipinski definition) is 2. The second-order valence-electron chi connectivity index (χ2n) is 4.95. The zero-order valence-corrected chi connectivity index (χ0v) is 11.4. The van der Waals surface area contributed by atoms with Gasteiger partial charge in [0.05, 0.1) is 12.6 Å². The molecule has 17 heavy (non-hydrogen) atoms. The Bertz CT molecular complexity index is 257. The van der Waals surface area contributed by atoms with E-state index in [1.807, 2.05) is 6.92 Å². The number of hydrogen-bond acceptors (Lipinski definition) is 3. The number of piperidine rings is 1. The number of ether oxygens (including phenoxy) is 1. The summed E-state index contributed by atoms with van der Waals surface area (Å²) in [6.45, 7) is 8.18. The van der Waals surface area contributed by atoms with Gasteiger partial charge in [-0.15, -0.1) is 0 Å². The minimum absolute atomic E-state index is 0.121. The number of aliphatic imine (C=N–C) groups is 1. The molecule has 0 spiro atoms. The zero-order valence-electron chi connectivity index (χ0n) is 11.4. The molecule has 1 heterocycles. The number of nitrogens with two attached hydrogens (primary N) is 1. The van der Waals surface area contributed by atoms with Crippen LogP contribution in [-0.2, 0) is 4.74 Å². The van der Waals surface area contributed by atoms with Crippen LogP contribution >= 0.6 is 0 Å². The van der Waals surface area contributed by atoms with Crippen LogP contribution in [0.1, 0.15) is 33.6 Å². The first-order chi connectivity index (χ1) is 8.10. The molecule has 0 aromatic rings. The van der Waals surface area contributed by atoms with Crippen molar-refractivity contribution in [1.82, 2.24) is 10.3 Å². The van der Waals surface area contributed by atoms with Gasteiger partial charge in [0.1, 0.15) is 0 Å². The standard InChI is InChI=1S/C12H26N4O/c1-9-6-5-7-16(11(9)3)12(15-13)14-10(2)8-17-4/h9-11H,5-8,13H2,1-4H3,(H,14,15). The molecule has 0 aromatic carbocycles. The van der Waals surface area contributed by atoms with E-state index in [1.54, 1.807) is 7.11 Å². The Labute approximate surface area is 104 Å². The normalized spacial score (nSPS) is 28.1. The van der Waals surface area contributed by atoms with Crippen LogP contribution in [0.25, 0.3) is 0 Å². The van der Waals surface area contributed by atoms with E-state index in [9.17, 15) is 0 Å². The average Bonchev–Trinajstić information content (AvgIpc) is 2.30. The third-order valence-corrected chi connectivity index (χ3v) is 3.53. The van der Waals surface area contributed by atoms with E-state index in [0.717, 1.165) is 12.5 Å². The number of nitrogens with one attached hydrogen (secondary N) is 1. The molecule has 100 valence electrons. The van der Waals surface area contributed by atoms with Crippen LogP contribution in [0.3, 0.4) is 0 Å². The van der Waals surface area contributed by atoms with Crippen LogP contribution in [0.15, 0.2) is 4.99 Å². The topological polar surface area (TPSA) is 62.9 Å². The first-order valence-electron chi connectivity index (χ1n) is 6.40. The van der Waals surface area contributed by atoms with Gasteiger partial charge in [0.2, 0.25) is 5.96 Å². The number of nitrogens with zero attached hydrogens (tertiary/aromatic N) is 2. The molecule has 1 aliphatic heterocycles. The predicted molar refractivity (Wildman–Crippen MR) is 70.7 cm³/mol. The quantitative estimate of drug-likeness (QED) is 0.335. The first-order valence-corrected chi connectivity index (χ1v) is 6.40. The van der Waals surface area contributed by atoms with E-state index in [-0.39, 0.29) is 6.04 Å². The summed E-state index contributed by atoms with van der Waals surface area (Å²) < 4.78 is 5.09. The molecule has 0 amide bonds. The molecule has 0 aromatic heterocycles. The van der Waals surface area contributed by atoms with Crippen LogP contribution in [0.5, 0.6) is 0 Å². The Kier molecular flexibility index (Phi) is 5.71. The SMILES string of the molecule is COCC(C)N=C(NN)N1CCCC(C)C1C. The summed E-state index contributed by atoms with van der Waals surface area (Å²) in [5, 5.41) is 0. The lowest BCUT2D eigenvalue weighted by Gasteiger charge is -2.39. The van der Waals surface area contributed by atoms with Gasteiger partial charge < -0.3 is 9.64 Å². The Morgan fingerprint density at radius 3 is 2.88 bits per heavy atom. The predicted octanol–water partition coefficient (Wildman–Crippen LogP) is 0.961. The lowest BCUT2D eigenvalue weighted by atomic mass is 9.92. The van der Waals surface area contributed by atoms with Crippen molar-refractivity contribution in [3.63, 3.8) is 0 Å². The van der Waals surface area contributed by atoms with E-state index in [2.05, 4.69) is 29.2 Å². The molecule has 1 saturated heterocycles. The van der Waals surface area contributed by atoms with E-state index >= 15 is 0 Å². The molecule has 5 nitrogen and oxygen atoms in total. The molecule has 0 radical (unpaired) electrons.